The molecular formula is C5H8N2O2. The van der Waals surface area contributed by atoms with E-state index in [9.17, 15) is 0 Å². The molecule has 0 radical (unpaired) electrons. The molecule has 0 bridgehead atoms. The second-order valence-corrected chi connectivity index (χ2v) is 2.03. The highest BCUT2D eigenvalue weighted by atomic mass is 16.6. The molecule has 0 amide bonds. The van der Waals surface area contributed by atoms with Gasteiger partial charge in [0.1, 0.15) is 0 Å². The first kappa shape index (κ1) is 5.20. The molecule has 2 heterocycles. The molecule has 0 aromatic rings. The number of fused-ring (bicyclic) bond motifs is 1. The lowest BCUT2D eigenvalue weighted by Gasteiger charge is -2.23. The normalized spacial score (nSPS) is 40.0. The van der Waals surface area contributed by atoms with Crippen LogP contribution in [0.1, 0.15) is 0 Å². The fourth-order valence-electron chi connectivity index (χ4n) is 0.966. The Balaban J connectivity index is 2.03. The molecule has 4 heteroatoms. The molecule has 2 aliphatic rings. The Morgan fingerprint density at radius 2 is 2.67 bits per heavy atom. The smallest absolute Gasteiger partial charge is 0.202 e. The maximum atomic E-state index is 5.22. The lowest BCUT2D eigenvalue weighted by atomic mass is 10.4. The van der Waals surface area contributed by atoms with Gasteiger partial charge in [-0.15, -0.1) is 0 Å². The van der Waals surface area contributed by atoms with E-state index in [2.05, 4.69) is 10.3 Å². The second kappa shape index (κ2) is 1.97. The Kier molecular flexibility index (Phi) is 1.13. The van der Waals surface area contributed by atoms with Crippen molar-refractivity contribution < 1.29 is 9.47 Å². The molecule has 1 fully saturated rings. The SMILES string of the molecule is C1=NC2OCCNC2O1. The van der Waals surface area contributed by atoms with Gasteiger partial charge in [0.15, 0.2) is 12.6 Å². The van der Waals surface area contributed by atoms with Gasteiger partial charge in [-0.05, 0) is 0 Å². The van der Waals surface area contributed by atoms with Gasteiger partial charge in [-0.3, -0.25) is 5.32 Å². The van der Waals surface area contributed by atoms with Crippen molar-refractivity contribution in [3.05, 3.63) is 0 Å². The molecule has 2 unspecified atom stereocenters. The number of hydrogen-bond donors (Lipinski definition) is 1. The zero-order valence-electron chi connectivity index (χ0n) is 4.91. The molecule has 2 rings (SSSR count). The van der Waals surface area contributed by atoms with Crippen LogP contribution in [0.2, 0.25) is 0 Å². The number of ether oxygens (including phenoxy) is 2. The minimum atomic E-state index is -0.0984. The quantitative estimate of drug-likeness (QED) is 0.470. The van der Waals surface area contributed by atoms with E-state index >= 15 is 0 Å². The van der Waals surface area contributed by atoms with Crippen LogP contribution >= 0.6 is 0 Å². The summed E-state index contributed by atoms with van der Waals surface area (Å²) in [5.41, 5.74) is 0. The van der Waals surface area contributed by atoms with Crippen LogP contribution in [0.5, 0.6) is 0 Å². The molecule has 0 saturated carbocycles. The number of nitrogens with one attached hydrogen (secondary N) is 1. The molecular weight excluding hydrogens is 120 g/mol. The van der Waals surface area contributed by atoms with Crippen molar-refractivity contribution in [2.45, 2.75) is 12.5 Å². The third kappa shape index (κ3) is 0.799. The van der Waals surface area contributed by atoms with Gasteiger partial charge in [-0.2, -0.15) is 0 Å². The Hall–Kier alpha value is -0.610. The van der Waals surface area contributed by atoms with E-state index in [0.717, 1.165) is 13.2 Å². The summed E-state index contributed by atoms with van der Waals surface area (Å²) in [6, 6.07) is 0. The summed E-state index contributed by atoms with van der Waals surface area (Å²) >= 11 is 0. The molecule has 2 aliphatic heterocycles. The Morgan fingerprint density at radius 3 is 3.56 bits per heavy atom. The largest absolute Gasteiger partial charge is 0.460 e. The average Bonchev–Trinajstić information content (AvgIpc) is 2.33. The summed E-state index contributed by atoms with van der Waals surface area (Å²) in [5.74, 6) is 0. The van der Waals surface area contributed by atoms with Crippen LogP contribution in [0, 0.1) is 0 Å². The van der Waals surface area contributed by atoms with Crippen LogP contribution in [-0.4, -0.2) is 32.0 Å². The van der Waals surface area contributed by atoms with Gasteiger partial charge >= 0.3 is 0 Å². The van der Waals surface area contributed by atoms with Crippen LogP contribution in [0.25, 0.3) is 0 Å². The van der Waals surface area contributed by atoms with Crippen molar-refractivity contribution in [3.8, 4) is 0 Å². The van der Waals surface area contributed by atoms with Crippen molar-refractivity contribution in [1.82, 2.24) is 5.32 Å². The molecule has 0 aliphatic carbocycles. The predicted octanol–water partition coefficient (Wildman–Crippen LogP) is -0.683. The van der Waals surface area contributed by atoms with Gasteiger partial charge in [0, 0.05) is 6.54 Å². The van der Waals surface area contributed by atoms with Crippen molar-refractivity contribution in [2.24, 2.45) is 4.99 Å². The van der Waals surface area contributed by atoms with E-state index in [4.69, 9.17) is 9.47 Å². The van der Waals surface area contributed by atoms with E-state index in [1.807, 2.05) is 0 Å². The van der Waals surface area contributed by atoms with Crippen LogP contribution in [-0.2, 0) is 9.47 Å². The fraction of sp³-hybridized carbons (Fsp3) is 0.800. The van der Waals surface area contributed by atoms with Gasteiger partial charge < -0.3 is 9.47 Å². The standard InChI is InChI=1S/C5H8N2O2/c1-2-8-5-4(6-1)9-3-7-5/h3-6H,1-2H2. The van der Waals surface area contributed by atoms with E-state index in [-0.39, 0.29) is 12.5 Å². The highest BCUT2D eigenvalue weighted by Gasteiger charge is 2.28. The monoisotopic (exact) mass is 128 g/mol. The van der Waals surface area contributed by atoms with Gasteiger partial charge in [0.25, 0.3) is 0 Å². The van der Waals surface area contributed by atoms with Crippen LogP contribution < -0.4 is 5.32 Å². The molecule has 0 aromatic heterocycles. The van der Waals surface area contributed by atoms with Crippen molar-refractivity contribution in [3.63, 3.8) is 0 Å². The lowest BCUT2D eigenvalue weighted by molar-refractivity contribution is -0.0498. The molecule has 2 atom stereocenters. The predicted molar refractivity (Wildman–Crippen MR) is 31.1 cm³/mol. The Labute approximate surface area is 52.9 Å². The van der Waals surface area contributed by atoms with Crippen LogP contribution in [0.3, 0.4) is 0 Å². The molecule has 0 aromatic carbocycles. The van der Waals surface area contributed by atoms with E-state index in [1.165, 1.54) is 6.40 Å². The third-order valence-electron chi connectivity index (χ3n) is 1.41. The maximum Gasteiger partial charge on any atom is 0.202 e. The van der Waals surface area contributed by atoms with Crippen molar-refractivity contribution in [1.29, 1.82) is 0 Å². The highest BCUT2D eigenvalue weighted by molar-refractivity contribution is 5.49. The molecule has 9 heavy (non-hydrogen) atoms. The fourth-order valence-corrected chi connectivity index (χ4v) is 0.966. The average molecular weight is 128 g/mol. The number of morpholine rings is 1. The molecule has 4 nitrogen and oxygen atoms in total. The molecule has 50 valence electrons. The second-order valence-electron chi connectivity index (χ2n) is 2.03. The van der Waals surface area contributed by atoms with E-state index in [0.29, 0.717) is 0 Å². The molecule has 0 spiro atoms. The summed E-state index contributed by atoms with van der Waals surface area (Å²) in [6.07, 6.45) is 1.31. The topological polar surface area (TPSA) is 42.8 Å². The highest BCUT2D eigenvalue weighted by Crippen LogP contribution is 2.10. The number of hydrogen-bond acceptors (Lipinski definition) is 4. The van der Waals surface area contributed by atoms with Crippen LogP contribution in [0.4, 0.5) is 0 Å². The number of rotatable bonds is 0. The van der Waals surface area contributed by atoms with Gasteiger partial charge in [0.2, 0.25) is 6.23 Å². The zero-order chi connectivity index (χ0) is 6.10. The van der Waals surface area contributed by atoms with E-state index < -0.39 is 0 Å². The van der Waals surface area contributed by atoms with Crippen molar-refractivity contribution in [2.75, 3.05) is 13.2 Å². The zero-order valence-corrected chi connectivity index (χ0v) is 4.91. The summed E-state index contributed by atoms with van der Waals surface area (Å²) in [7, 11) is 0. The number of aliphatic imine (C=N–C) groups is 1. The summed E-state index contributed by atoms with van der Waals surface area (Å²) in [5, 5.41) is 3.11. The van der Waals surface area contributed by atoms with Gasteiger partial charge in [0.05, 0.1) is 6.61 Å². The molecule has 1 saturated heterocycles. The Morgan fingerprint density at radius 1 is 1.67 bits per heavy atom. The first-order valence-electron chi connectivity index (χ1n) is 2.99. The summed E-state index contributed by atoms with van der Waals surface area (Å²) in [4.78, 5) is 3.93. The Bertz CT molecular complexity index is 137. The molecule has 1 N–H and O–H groups in total. The van der Waals surface area contributed by atoms with Crippen LogP contribution in [0.15, 0.2) is 4.99 Å². The number of nitrogens with zero attached hydrogens (tertiary/aromatic N) is 1. The maximum absolute atomic E-state index is 5.22. The minimum Gasteiger partial charge on any atom is -0.460 e. The van der Waals surface area contributed by atoms with Gasteiger partial charge in [-0.25, -0.2) is 4.99 Å². The summed E-state index contributed by atoms with van der Waals surface area (Å²) in [6.45, 7) is 1.58. The first-order valence-corrected chi connectivity index (χ1v) is 2.99. The first-order chi connectivity index (χ1) is 4.47. The van der Waals surface area contributed by atoms with E-state index in [1.54, 1.807) is 0 Å². The summed E-state index contributed by atoms with van der Waals surface area (Å²) < 4.78 is 10.2. The van der Waals surface area contributed by atoms with Gasteiger partial charge in [-0.1, -0.05) is 0 Å². The lowest BCUT2D eigenvalue weighted by Crippen LogP contribution is -2.46. The third-order valence-corrected chi connectivity index (χ3v) is 1.41. The van der Waals surface area contributed by atoms with Crippen molar-refractivity contribution >= 4 is 6.40 Å². The minimum absolute atomic E-state index is 0.0289.